The molecule has 2 heterocycles. The van der Waals surface area contributed by atoms with Gasteiger partial charge in [0.2, 0.25) is 0 Å². The molecule has 128 valence electrons. The monoisotopic (exact) mass is 325 g/mol. The summed E-state index contributed by atoms with van der Waals surface area (Å²) in [5, 5.41) is 15.5. The van der Waals surface area contributed by atoms with E-state index in [1.165, 1.54) is 24.8 Å². The van der Waals surface area contributed by atoms with Crippen LogP contribution in [0.1, 0.15) is 43.4 Å². The summed E-state index contributed by atoms with van der Waals surface area (Å²) in [6.07, 6.45) is 7.71. The van der Waals surface area contributed by atoms with Crippen molar-refractivity contribution in [3.8, 4) is 5.69 Å². The van der Waals surface area contributed by atoms with E-state index >= 15 is 0 Å². The number of hydrogen-bond donors (Lipinski definition) is 1. The molecule has 1 saturated carbocycles. The summed E-state index contributed by atoms with van der Waals surface area (Å²) in [4.78, 5) is 2.50. The number of benzene rings is 1. The maximum absolute atomic E-state index is 10.8. The number of aromatic nitrogens is 2. The van der Waals surface area contributed by atoms with Gasteiger partial charge in [0.25, 0.3) is 0 Å². The number of hydrogen-bond acceptors (Lipinski definition) is 3. The van der Waals surface area contributed by atoms with Crippen LogP contribution in [0, 0.1) is 12.8 Å². The maximum Gasteiger partial charge on any atom is 0.0700 e. The van der Waals surface area contributed by atoms with Crippen molar-refractivity contribution in [2.75, 3.05) is 13.1 Å². The van der Waals surface area contributed by atoms with Gasteiger partial charge in [0, 0.05) is 37.3 Å². The Morgan fingerprint density at radius 3 is 2.88 bits per heavy atom. The average molecular weight is 325 g/mol. The first kappa shape index (κ1) is 15.9. The summed E-state index contributed by atoms with van der Waals surface area (Å²) in [6, 6.07) is 10.3. The molecule has 1 aromatic heterocycles. The van der Waals surface area contributed by atoms with Crippen LogP contribution in [0.2, 0.25) is 0 Å². The molecule has 1 aromatic carbocycles. The quantitative estimate of drug-likeness (QED) is 0.941. The van der Waals surface area contributed by atoms with Crippen LogP contribution in [0.3, 0.4) is 0 Å². The van der Waals surface area contributed by atoms with Crippen LogP contribution in [-0.2, 0) is 6.54 Å². The van der Waals surface area contributed by atoms with Crippen molar-refractivity contribution in [3.63, 3.8) is 0 Å². The topological polar surface area (TPSA) is 41.3 Å². The summed E-state index contributed by atoms with van der Waals surface area (Å²) in [6.45, 7) is 5.04. The Morgan fingerprint density at radius 1 is 1.21 bits per heavy atom. The number of aliphatic hydroxyl groups is 1. The van der Waals surface area contributed by atoms with Crippen molar-refractivity contribution in [1.29, 1.82) is 0 Å². The van der Waals surface area contributed by atoms with Gasteiger partial charge >= 0.3 is 0 Å². The molecule has 0 spiro atoms. The van der Waals surface area contributed by atoms with Crippen molar-refractivity contribution >= 4 is 0 Å². The summed E-state index contributed by atoms with van der Waals surface area (Å²) < 4.78 is 1.98. The Hall–Kier alpha value is -1.65. The summed E-state index contributed by atoms with van der Waals surface area (Å²) >= 11 is 0. The zero-order valence-corrected chi connectivity index (χ0v) is 14.5. The van der Waals surface area contributed by atoms with Crippen LogP contribution >= 0.6 is 0 Å². The number of likely N-dealkylation sites (tertiary alicyclic amines) is 1. The maximum atomic E-state index is 10.8. The minimum absolute atomic E-state index is 0.391. The standard InChI is InChI=1S/C20H27N3O/c1-16-17(14-23(21-16)19-8-3-2-4-9-19)13-22-12-11-20(24)10-6-5-7-18(20)15-22/h2-4,8-9,14,18,24H,5-7,10-13,15H2,1H3. The molecule has 1 saturated heterocycles. The van der Waals surface area contributed by atoms with Gasteiger partial charge in [-0.15, -0.1) is 0 Å². The molecule has 0 radical (unpaired) electrons. The predicted molar refractivity (Wildman–Crippen MR) is 95.1 cm³/mol. The van der Waals surface area contributed by atoms with Crippen LogP contribution in [0.15, 0.2) is 36.5 Å². The molecule has 2 aliphatic rings. The van der Waals surface area contributed by atoms with Gasteiger partial charge in [0.15, 0.2) is 0 Å². The van der Waals surface area contributed by atoms with E-state index in [0.717, 1.165) is 43.9 Å². The lowest BCUT2D eigenvalue weighted by Gasteiger charge is -2.47. The fourth-order valence-corrected chi connectivity index (χ4v) is 4.39. The molecule has 0 bridgehead atoms. The predicted octanol–water partition coefficient (Wildman–Crippen LogP) is 3.31. The number of aryl methyl sites for hydroxylation is 1. The van der Waals surface area contributed by atoms with Crippen LogP contribution in [0.5, 0.6) is 0 Å². The Morgan fingerprint density at radius 2 is 2.04 bits per heavy atom. The minimum atomic E-state index is -0.391. The smallest absolute Gasteiger partial charge is 0.0700 e. The SMILES string of the molecule is Cc1nn(-c2ccccc2)cc1CN1CCC2(O)CCCCC2C1. The van der Waals surface area contributed by atoms with E-state index in [1.54, 1.807) is 0 Å². The van der Waals surface area contributed by atoms with E-state index in [2.05, 4.69) is 35.3 Å². The Balaban J connectivity index is 1.47. The Bertz CT molecular complexity index is 696. The third-order valence-corrected chi connectivity index (χ3v) is 5.93. The van der Waals surface area contributed by atoms with Gasteiger partial charge in [0.1, 0.15) is 0 Å². The highest BCUT2D eigenvalue weighted by Crippen LogP contribution is 2.40. The first-order valence-corrected chi connectivity index (χ1v) is 9.19. The third kappa shape index (κ3) is 3.01. The van der Waals surface area contributed by atoms with E-state index in [4.69, 9.17) is 0 Å². The van der Waals surface area contributed by atoms with Gasteiger partial charge in [-0.2, -0.15) is 5.10 Å². The molecular formula is C20H27N3O. The van der Waals surface area contributed by atoms with Crippen molar-refractivity contribution in [2.24, 2.45) is 5.92 Å². The first-order chi connectivity index (χ1) is 11.6. The average Bonchev–Trinajstić information content (AvgIpc) is 2.97. The van der Waals surface area contributed by atoms with E-state index in [1.807, 2.05) is 22.9 Å². The third-order valence-electron chi connectivity index (χ3n) is 5.93. The molecule has 1 aliphatic carbocycles. The van der Waals surface area contributed by atoms with Gasteiger partial charge in [-0.25, -0.2) is 4.68 Å². The number of nitrogens with zero attached hydrogens (tertiary/aromatic N) is 3. The van der Waals surface area contributed by atoms with Crippen molar-refractivity contribution < 1.29 is 5.11 Å². The number of fused-ring (bicyclic) bond motifs is 1. The number of piperidine rings is 1. The second kappa shape index (κ2) is 6.34. The highest BCUT2D eigenvalue weighted by molar-refractivity contribution is 5.32. The normalized spacial score (nSPS) is 27.8. The molecule has 4 rings (SSSR count). The molecular weight excluding hydrogens is 298 g/mol. The highest BCUT2D eigenvalue weighted by Gasteiger charge is 2.42. The Kier molecular flexibility index (Phi) is 4.19. The first-order valence-electron chi connectivity index (χ1n) is 9.19. The van der Waals surface area contributed by atoms with Crippen LogP contribution in [0.4, 0.5) is 0 Å². The van der Waals surface area contributed by atoms with Gasteiger partial charge in [0.05, 0.1) is 17.0 Å². The fourth-order valence-electron chi connectivity index (χ4n) is 4.39. The zero-order valence-electron chi connectivity index (χ0n) is 14.5. The molecule has 24 heavy (non-hydrogen) atoms. The zero-order chi connectivity index (χ0) is 16.6. The molecule has 2 fully saturated rings. The van der Waals surface area contributed by atoms with Crippen LogP contribution in [-0.4, -0.2) is 38.5 Å². The highest BCUT2D eigenvalue weighted by atomic mass is 16.3. The van der Waals surface area contributed by atoms with E-state index in [0.29, 0.717) is 5.92 Å². The van der Waals surface area contributed by atoms with Gasteiger partial charge < -0.3 is 5.11 Å². The molecule has 1 aliphatic heterocycles. The van der Waals surface area contributed by atoms with Gasteiger partial charge in [-0.3, -0.25) is 4.90 Å². The van der Waals surface area contributed by atoms with Crippen LogP contribution < -0.4 is 0 Å². The second-order valence-electron chi connectivity index (χ2n) is 7.55. The summed E-state index contributed by atoms with van der Waals surface area (Å²) in [5.41, 5.74) is 3.11. The van der Waals surface area contributed by atoms with E-state index in [9.17, 15) is 5.11 Å². The number of rotatable bonds is 3. The lowest BCUT2D eigenvalue weighted by Crippen LogP contribution is -2.52. The molecule has 2 unspecified atom stereocenters. The molecule has 4 nitrogen and oxygen atoms in total. The molecule has 2 aromatic rings. The summed E-state index contributed by atoms with van der Waals surface area (Å²) in [7, 11) is 0. The van der Waals surface area contributed by atoms with Crippen molar-refractivity contribution in [1.82, 2.24) is 14.7 Å². The molecule has 4 heteroatoms. The van der Waals surface area contributed by atoms with Crippen molar-refractivity contribution in [3.05, 3.63) is 47.8 Å². The minimum Gasteiger partial charge on any atom is -0.390 e. The fraction of sp³-hybridized carbons (Fsp3) is 0.550. The lowest BCUT2D eigenvalue weighted by molar-refractivity contribution is -0.0968. The van der Waals surface area contributed by atoms with Crippen LogP contribution in [0.25, 0.3) is 5.69 Å². The number of para-hydroxylation sites is 1. The molecule has 2 atom stereocenters. The largest absolute Gasteiger partial charge is 0.390 e. The van der Waals surface area contributed by atoms with Gasteiger partial charge in [-0.1, -0.05) is 31.0 Å². The molecule has 1 N–H and O–H groups in total. The van der Waals surface area contributed by atoms with Gasteiger partial charge in [-0.05, 0) is 38.3 Å². The van der Waals surface area contributed by atoms with E-state index < -0.39 is 5.60 Å². The second-order valence-corrected chi connectivity index (χ2v) is 7.55. The van der Waals surface area contributed by atoms with E-state index in [-0.39, 0.29) is 0 Å². The Labute approximate surface area is 144 Å². The van der Waals surface area contributed by atoms with Crippen molar-refractivity contribution in [2.45, 2.75) is 51.2 Å². The summed E-state index contributed by atoms with van der Waals surface area (Å²) in [5.74, 6) is 0.449. The lowest BCUT2D eigenvalue weighted by atomic mass is 9.71. The molecule has 0 amide bonds.